The van der Waals surface area contributed by atoms with Crippen molar-refractivity contribution in [1.82, 2.24) is 10.2 Å². The number of benzene rings is 1. The molecule has 0 aliphatic carbocycles. The van der Waals surface area contributed by atoms with Crippen LogP contribution in [0.25, 0.3) is 0 Å². The minimum Gasteiger partial charge on any atom is -0.420 e. The summed E-state index contributed by atoms with van der Waals surface area (Å²) >= 11 is 0. The van der Waals surface area contributed by atoms with Gasteiger partial charge in [-0.15, -0.1) is 5.10 Å². The van der Waals surface area contributed by atoms with Gasteiger partial charge in [0.1, 0.15) is 11.6 Å². The molecule has 5 nitrogen and oxygen atoms in total. The zero-order valence-corrected chi connectivity index (χ0v) is 13.3. The van der Waals surface area contributed by atoms with E-state index in [1.54, 1.807) is 6.07 Å². The number of alkyl halides is 3. The van der Waals surface area contributed by atoms with Crippen LogP contribution >= 0.6 is 0 Å². The molecule has 2 heterocycles. The Morgan fingerprint density at radius 1 is 1.40 bits per heavy atom. The number of nitriles is 1. The molecular weight excluding hydrogens is 333 g/mol. The number of aromatic amines is 1. The molecule has 1 aromatic heterocycles. The Morgan fingerprint density at radius 2 is 2.16 bits per heavy atom. The molecule has 25 heavy (non-hydrogen) atoms. The summed E-state index contributed by atoms with van der Waals surface area (Å²) < 4.78 is 44.6. The summed E-state index contributed by atoms with van der Waals surface area (Å²) in [6.07, 6.45) is -3.06. The lowest BCUT2D eigenvalue weighted by Crippen LogP contribution is -2.21. The van der Waals surface area contributed by atoms with Gasteiger partial charge in [0.2, 0.25) is 11.8 Å². The van der Waals surface area contributed by atoms with Crippen LogP contribution in [-0.2, 0) is 12.6 Å². The van der Waals surface area contributed by atoms with Gasteiger partial charge in [0.15, 0.2) is 0 Å². The smallest absolute Gasteiger partial charge is 0.416 e. The maximum atomic E-state index is 13.1. The molecule has 0 radical (unpaired) electrons. The van der Waals surface area contributed by atoms with Crippen molar-refractivity contribution in [3.05, 3.63) is 58.1 Å². The van der Waals surface area contributed by atoms with Crippen molar-refractivity contribution < 1.29 is 17.9 Å². The second-order valence-electron chi connectivity index (χ2n) is 5.72. The molecule has 1 aliphatic heterocycles. The van der Waals surface area contributed by atoms with Crippen LogP contribution in [0.1, 0.15) is 41.6 Å². The summed E-state index contributed by atoms with van der Waals surface area (Å²) in [6, 6.07) is 6.85. The van der Waals surface area contributed by atoms with Gasteiger partial charge in [-0.3, -0.25) is 5.10 Å². The Labute approximate surface area is 141 Å². The average Bonchev–Trinajstić information content (AvgIpc) is 2.95. The van der Waals surface area contributed by atoms with Crippen molar-refractivity contribution in [2.24, 2.45) is 5.73 Å². The molecule has 130 valence electrons. The van der Waals surface area contributed by atoms with Crippen LogP contribution in [0, 0.1) is 11.3 Å². The maximum absolute atomic E-state index is 13.1. The van der Waals surface area contributed by atoms with Gasteiger partial charge in [-0.05, 0) is 18.1 Å². The third kappa shape index (κ3) is 2.93. The number of H-pyrrole nitrogens is 1. The molecule has 8 heteroatoms. The number of aromatic nitrogens is 2. The number of halogens is 3. The van der Waals surface area contributed by atoms with Crippen LogP contribution in [0.5, 0.6) is 5.88 Å². The first-order chi connectivity index (χ1) is 11.9. The molecule has 1 unspecified atom stereocenters. The van der Waals surface area contributed by atoms with Crippen molar-refractivity contribution >= 4 is 0 Å². The third-order valence-corrected chi connectivity index (χ3v) is 4.07. The Hall–Kier alpha value is -2.95. The summed E-state index contributed by atoms with van der Waals surface area (Å²) in [7, 11) is 0. The summed E-state index contributed by atoms with van der Waals surface area (Å²) in [6.45, 7) is 1.96. The summed E-state index contributed by atoms with van der Waals surface area (Å²) in [5.41, 5.74) is 6.69. The number of ether oxygens (including phenoxy) is 1. The number of allylic oxidation sites excluding steroid dienone is 1. The van der Waals surface area contributed by atoms with Gasteiger partial charge in [-0.2, -0.15) is 18.4 Å². The Bertz CT molecular complexity index is 877. The lowest BCUT2D eigenvalue weighted by molar-refractivity contribution is -0.137. The summed E-state index contributed by atoms with van der Waals surface area (Å²) in [5, 5.41) is 16.4. The second kappa shape index (κ2) is 6.16. The number of hydrogen-bond acceptors (Lipinski definition) is 4. The first-order valence-corrected chi connectivity index (χ1v) is 7.68. The Kier molecular flexibility index (Phi) is 4.17. The van der Waals surface area contributed by atoms with Crippen molar-refractivity contribution in [2.45, 2.75) is 31.9 Å². The van der Waals surface area contributed by atoms with Gasteiger partial charge in [-0.25, -0.2) is 0 Å². The second-order valence-corrected chi connectivity index (χ2v) is 5.72. The SMILES string of the molecule is CCCc1[nH]nc2c1C(c1cccc(C(F)(F)F)c1)C(C#N)=C(N)O2. The van der Waals surface area contributed by atoms with E-state index >= 15 is 0 Å². The first-order valence-electron chi connectivity index (χ1n) is 7.68. The third-order valence-electron chi connectivity index (χ3n) is 4.07. The average molecular weight is 348 g/mol. The Morgan fingerprint density at radius 3 is 2.80 bits per heavy atom. The van der Waals surface area contributed by atoms with Gasteiger partial charge in [0.05, 0.1) is 11.5 Å². The molecule has 0 fully saturated rings. The monoisotopic (exact) mass is 348 g/mol. The molecule has 0 saturated carbocycles. The number of aryl methyl sites for hydroxylation is 1. The molecule has 2 aromatic rings. The van der Waals surface area contributed by atoms with Gasteiger partial charge in [0, 0.05) is 11.3 Å². The molecule has 0 spiro atoms. The fraction of sp³-hybridized carbons (Fsp3) is 0.294. The van der Waals surface area contributed by atoms with E-state index in [0.29, 0.717) is 17.5 Å². The zero-order chi connectivity index (χ0) is 18.2. The number of nitrogens with zero attached hydrogens (tertiary/aromatic N) is 2. The molecule has 3 rings (SSSR count). The maximum Gasteiger partial charge on any atom is 0.416 e. The minimum atomic E-state index is -4.48. The molecule has 1 aromatic carbocycles. The number of rotatable bonds is 3. The van der Waals surface area contributed by atoms with Crippen molar-refractivity contribution in [3.63, 3.8) is 0 Å². The molecule has 0 amide bonds. The topological polar surface area (TPSA) is 87.7 Å². The fourth-order valence-electron chi connectivity index (χ4n) is 2.98. The van der Waals surface area contributed by atoms with Crippen LogP contribution in [0.4, 0.5) is 13.2 Å². The zero-order valence-electron chi connectivity index (χ0n) is 13.3. The van der Waals surface area contributed by atoms with Crippen LogP contribution in [-0.4, -0.2) is 10.2 Å². The predicted octanol–water partition coefficient (Wildman–Crippen LogP) is 3.60. The van der Waals surface area contributed by atoms with Gasteiger partial charge < -0.3 is 10.5 Å². The van der Waals surface area contributed by atoms with E-state index < -0.39 is 17.7 Å². The normalized spacial score (nSPS) is 17.0. The lowest BCUT2D eigenvalue weighted by atomic mass is 9.83. The van der Waals surface area contributed by atoms with Crippen molar-refractivity contribution in [1.29, 1.82) is 5.26 Å². The molecule has 1 atom stereocenters. The van der Waals surface area contributed by atoms with Crippen LogP contribution in [0.2, 0.25) is 0 Å². The summed E-state index contributed by atoms with van der Waals surface area (Å²) in [5.74, 6) is -0.703. The molecule has 0 bridgehead atoms. The largest absolute Gasteiger partial charge is 0.420 e. The van der Waals surface area contributed by atoms with E-state index in [0.717, 1.165) is 24.2 Å². The highest BCUT2D eigenvalue weighted by molar-refractivity contribution is 5.55. The molecule has 3 N–H and O–H groups in total. The number of hydrogen-bond donors (Lipinski definition) is 2. The van der Waals surface area contributed by atoms with Crippen molar-refractivity contribution in [2.75, 3.05) is 0 Å². The number of nitrogens with two attached hydrogens (primary N) is 1. The van der Waals surface area contributed by atoms with Crippen LogP contribution in [0.15, 0.2) is 35.7 Å². The number of nitrogens with one attached hydrogen (secondary N) is 1. The van der Waals surface area contributed by atoms with Crippen LogP contribution in [0.3, 0.4) is 0 Å². The highest BCUT2D eigenvalue weighted by Gasteiger charge is 2.37. The quantitative estimate of drug-likeness (QED) is 0.887. The summed E-state index contributed by atoms with van der Waals surface area (Å²) in [4.78, 5) is 0. The van der Waals surface area contributed by atoms with E-state index in [2.05, 4.69) is 10.2 Å². The van der Waals surface area contributed by atoms with Crippen molar-refractivity contribution in [3.8, 4) is 11.9 Å². The van der Waals surface area contributed by atoms with Gasteiger partial charge in [-0.1, -0.05) is 31.5 Å². The highest BCUT2D eigenvalue weighted by atomic mass is 19.4. The lowest BCUT2D eigenvalue weighted by Gasteiger charge is -2.24. The minimum absolute atomic E-state index is 0.0746. The molecular formula is C17H15F3N4O. The number of fused-ring (bicyclic) bond motifs is 1. The molecule has 1 aliphatic rings. The fourth-order valence-corrected chi connectivity index (χ4v) is 2.98. The van der Waals surface area contributed by atoms with E-state index in [-0.39, 0.29) is 17.3 Å². The van der Waals surface area contributed by atoms with E-state index in [1.165, 1.54) is 6.07 Å². The van der Waals surface area contributed by atoms with E-state index in [9.17, 15) is 18.4 Å². The van der Waals surface area contributed by atoms with Gasteiger partial charge >= 0.3 is 6.18 Å². The predicted molar refractivity (Wildman–Crippen MR) is 83.3 cm³/mol. The van der Waals surface area contributed by atoms with Crippen LogP contribution < -0.4 is 10.5 Å². The first kappa shape index (κ1) is 16.9. The molecule has 0 saturated heterocycles. The van der Waals surface area contributed by atoms with Gasteiger partial charge in [0.25, 0.3) is 0 Å². The van der Waals surface area contributed by atoms with E-state index in [4.69, 9.17) is 10.5 Å². The Balaban J connectivity index is 2.20. The standard InChI is InChI=1S/C17H15F3N4O/c1-2-4-12-14-13(9-5-3-6-10(7-9)17(18,19)20)11(8-21)15(22)25-16(14)24-23-12/h3,5-7,13H,2,4,22H2,1H3,(H,23,24). The highest BCUT2D eigenvalue weighted by Crippen LogP contribution is 2.44. The van der Waals surface area contributed by atoms with E-state index in [1.807, 2.05) is 13.0 Å².